The Balaban J connectivity index is 1.65. The molecule has 9 nitrogen and oxygen atoms in total. The lowest BCUT2D eigenvalue weighted by atomic mass is 10.0. The van der Waals surface area contributed by atoms with Crippen LogP contribution >= 0.6 is 0 Å². The van der Waals surface area contributed by atoms with Crippen molar-refractivity contribution >= 4 is 23.4 Å². The lowest BCUT2D eigenvalue weighted by Gasteiger charge is -2.36. The van der Waals surface area contributed by atoms with Gasteiger partial charge < -0.3 is 24.6 Å². The van der Waals surface area contributed by atoms with Gasteiger partial charge in [0.1, 0.15) is 18.1 Å². The first kappa shape index (κ1) is 25.6. The third-order valence-corrected chi connectivity index (χ3v) is 6.81. The van der Waals surface area contributed by atoms with Crippen molar-refractivity contribution in [2.45, 2.75) is 38.8 Å². The molecule has 2 heterocycles. The van der Waals surface area contributed by atoms with E-state index in [2.05, 4.69) is 10.3 Å². The van der Waals surface area contributed by atoms with Crippen LogP contribution < -0.4 is 10.1 Å². The zero-order valence-corrected chi connectivity index (χ0v) is 21.3. The summed E-state index contributed by atoms with van der Waals surface area (Å²) in [4.78, 5) is 46.7. The van der Waals surface area contributed by atoms with Gasteiger partial charge >= 0.3 is 0 Å². The number of methoxy groups -OCH3 is 1. The number of nitrogens with one attached hydrogen (secondary N) is 1. The van der Waals surface area contributed by atoms with Gasteiger partial charge in [0.05, 0.1) is 17.7 Å². The maximum Gasteiger partial charge on any atom is 0.272 e. The Morgan fingerprint density at radius 1 is 1.14 bits per heavy atom. The second-order valence-corrected chi connectivity index (χ2v) is 9.74. The third kappa shape index (κ3) is 5.84. The molecular weight excluding hydrogens is 460 g/mol. The molecule has 0 saturated heterocycles. The van der Waals surface area contributed by atoms with Crippen LogP contribution in [0, 0.1) is 11.8 Å². The summed E-state index contributed by atoms with van der Waals surface area (Å²) >= 11 is 0. The van der Waals surface area contributed by atoms with Gasteiger partial charge in [-0.15, -0.1) is 0 Å². The minimum Gasteiger partial charge on any atom is -0.491 e. The van der Waals surface area contributed by atoms with Gasteiger partial charge in [-0.2, -0.15) is 0 Å². The summed E-state index contributed by atoms with van der Waals surface area (Å²) < 4.78 is 11.9. The molecule has 3 amide bonds. The average molecular weight is 495 g/mol. The number of aromatic nitrogens is 1. The number of carbonyl (C=O) groups excluding carboxylic acids is 3. The number of nitrogens with zero attached hydrogens (tertiary/aromatic N) is 3. The van der Waals surface area contributed by atoms with Gasteiger partial charge in [0.15, 0.2) is 0 Å². The van der Waals surface area contributed by atoms with Gasteiger partial charge in [-0.1, -0.05) is 13.0 Å². The molecule has 192 valence electrons. The van der Waals surface area contributed by atoms with Crippen LogP contribution in [0.3, 0.4) is 0 Å². The van der Waals surface area contributed by atoms with Crippen LogP contribution in [0.15, 0.2) is 42.6 Å². The highest BCUT2D eigenvalue weighted by Gasteiger charge is 2.32. The van der Waals surface area contributed by atoms with Crippen molar-refractivity contribution < 1.29 is 23.9 Å². The van der Waals surface area contributed by atoms with E-state index in [1.165, 1.54) is 0 Å². The number of fused-ring (bicyclic) bond motifs is 1. The molecule has 36 heavy (non-hydrogen) atoms. The lowest BCUT2D eigenvalue weighted by Crippen LogP contribution is -2.48. The highest BCUT2D eigenvalue weighted by molar-refractivity contribution is 6.00. The third-order valence-electron chi connectivity index (χ3n) is 6.81. The number of likely N-dealkylation sites (N-methyl/N-ethyl adjacent to an activating group) is 1. The van der Waals surface area contributed by atoms with Crippen molar-refractivity contribution in [2.75, 3.05) is 39.2 Å². The maximum atomic E-state index is 13.4. The fraction of sp³-hybridized carbons (Fsp3) is 0.481. The molecule has 9 heteroatoms. The molecule has 1 fully saturated rings. The Labute approximate surface area is 211 Å². The molecule has 1 N–H and O–H groups in total. The van der Waals surface area contributed by atoms with Gasteiger partial charge in [0, 0.05) is 51.0 Å². The fourth-order valence-electron chi connectivity index (χ4n) is 4.36. The van der Waals surface area contributed by atoms with E-state index in [0.717, 1.165) is 12.8 Å². The molecule has 2 aliphatic rings. The lowest BCUT2D eigenvalue weighted by molar-refractivity contribution is -0.117. The van der Waals surface area contributed by atoms with Crippen LogP contribution in [0.5, 0.6) is 5.75 Å². The SMILES string of the molecule is CO[C@@H]1CN(C)C(=O)c2cc(NC(=O)C3CC3)ccc2OC[C@H](C)N(C(=O)c2ccccn2)C[C@H]1C. The molecule has 4 rings (SSSR count). The first-order chi connectivity index (χ1) is 17.3. The van der Waals surface area contributed by atoms with Gasteiger partial charge in [-0.3, -0.25) is 19.4 Å². The number of carbonyl (C=O) groups is 3. The number of hydrogen-bond donors (Lipinski definition) is 1. The summed E-state index contributed by atoms with van der Waals surface area (Å²) in [6.45, 7) is 4.84. The van der Waals surface area contributed by atoms with Gasteiger partial charge in [-0.05, 0) is 50.1 Å². The zero-order chi connectivity index (χ0) is 25.8. The standard InChI is InChI=1S/C27H34N4O5/c1-17-14-31(27(34)22-7-5-6-12-28-22)18(2)16-36-23-11-10-20(29-25(32)19-8-9-19)13-21(23)26(33)30(3)15-24(17)35-4/h5-7,10-13,17-19,24H,8-9,14-16H2,1-4H3,(H,29,32)/t17-,18+,24-/m1/s1. The van der Waals surface area contributed by atoms with Crippen molar-refractivity contribution in [3.63, 3.8) is 0 Å². The summed E-state index contributed by atoms with van der Waals surface area (Å²) in [5.41, 5.74) is 1.27. The number of anilines is 1. The summed E-state index contributed by atoms with van der Waals surface area (Å²) in [5.74, 6) is -0.0625. The van der Waals surface area contributed by atoms with Crippen molar-refractivity contribution in [3.05, 3.63) is 53.9 Å². The zero-order valence-electron chi connectivity index (χ0n) is 21.3. The first-order valence-corrected chi connectivity index (χ1v) is 12.4. The fourth-order valence-corrected chi connectivity index (χ4v) is 4.36. The van der Waals surface area contributed by atoms with E-state index >= 15 is 0 Å². The van der Waals surface area contributed by atoms with E-state index < -0.39 is 0 Å². The largest absolute Gasteiger partial charge is 0.491 e. The van der Waals surface area contributed by atoms with Crippen LogP contribution in [0.1, 0.15) is 47.5 Å². The maximum absolute atomic E-state index is 13.4. The Bertz CT molecular complexity index is 1100. The molecule has 1 saturated carbocycles. The van der Waals surface area contributed by atoms with Crippen molar-refractivity contribution in [3.8, 4) is 5.75 Å². The number of rotatable bonds is 4. The molecule has 1 aromatic heterocycles. The number of benzene rings is 1. The highest BCUT2D eigenvalue weighted by atomic mass is 16.5. The highest BCUT2D eigenvalue weighted by Crippen LogP contribution is 2.31. The normalized spacial score (nSPS) is 23.1. The molecule has 1 aliphatic carbocycles. The summed E-state index contributed by atoms with van der Waals surface area (Å²) in [7, 11) is 3.33. The van der Waals surface area contributed by atoms with E-state index in [1.54, 1.807) is 66.6 Å². The Kier molecular flexibility index (Phi) is 7.88. The molecule has 2 aromatic rings. The average Bonchev–Trinajstić information content (AvgIpc) is 3.74. The van der Waals surface area contributed by atoms with Crippen LogP contribution in [-0.2, 0) is 9.53 Å². The Hall–Kier alpha value is -3.46. The van der Waals surface area contributed by atoms with Crippen LogP contribution in [-0.4, -0.2) is 78.5 Å². The second kappa shape index (κ2) is 11.1. The van der Waals surface area contributed by atoms with E-state index in [1.807, 2.05) is 13.8 Å². The molecule has 3 atom stereocenters. The Morgan fingerprint density at radius 2 is 1.92 bits per heavy atom. The molecule has 0 radical (unpaired) electrons. The first-order valence-electron chi connectivity index (χ1n) is 12.4. The van der Waals surface area contributed by atoms with Crippen LogP contribution in [0.25, 0.3) is 0 Å². The summed E-state index contributed by atoms with van der Waals surface area (Å²) in [5, 5.41) is 2.90. The molecule has 0 unspecified atom stereocenters. The molecule has 1 aliphatic heterocycles. The molecule has 1 aromatic carbocycles. The molecule has 0 bridgehead atoms. The van der Waals surface area contributed by atoms with Gasteiger partial charge in [0.25, 0.3) is 11.8 Å². The van der Waals surface area contributed by atoms with Gasteiger partial charge in [-0.25, -0.2) is 0 Å². The van der Waals surface area contributed by atoms with Crippen molar-refractivity contribution in [1.29, 1.82) is 0 Å². The summed E-state index contributed by atoms with van der Waals surface area (Å²) in [6.07, 6.45) is 3.09. The molecule has 0 spiro atoms. The predicted octanol–water partition coefficient (Wildman–Crippen LogP) is 3.08. The minimum absolute atomic E-state index is 0.0320. The van der Waals surface area contributed by atoms with Gasteiger partial charge in [0.2, 0.25) is 5.91 Å². The van der Waals surface area contributed by atoms with Crippen LogP contribution in [0.2, 0.25) is 0 Å². The number of pyridine rings is 1. The Morgan fingerprint density at radius 3 is 2.58 bits per heavy atom. The van der Waals surface area contributed by atoms with E-state index in [-0.39, 0.29) is 48.3 Å². The minimum atomic E-state index is -0.299. The van der Waals surface area contributed by atoms with E-state index in [4.69, 9.17) is 9.47 Å². The van der Waals surface area contributed by atoms with E-state index in [0.29, 0.717) is 35.8 Å². The second-order valence-electron chi connectivity index (χ2n) is 9.74. The summed E-state index contributed by atoms with van der Waals surface area (Å²) in [6, 6.07) is 10.1. The number of ether oxygens (including phenoxy) is 2. The van der Waals surface area contributed by atoms with Crippen molar-refractivity contribution in [1.82, 2.24) is 14.8 Å². The number of hydrogen-bond acceptors (Lipinski definition) is 6. The quantitative estimate of drug-likeness (QED) is 0.701. The monoisotopic (exact) mass is 494 g/mol. The van der Waals surface area contributed by atoms with Crippen molar-refractivity contribution in [2.24, 2.45) is 11.8 Å². The van der Waals surface area contributed by atoms with Crippen LogP contribution in [0.4, 0.5) is 5.69 Å². The number of amides is 3. The predicted molar refractivity (Wildman–Crippen MR) is 135 cm³/mol. The topological polar surface area (TPSA) is 101 Å². The smallest absolute Gasteiger partial charge is 0.272 e. The molecular formula is C27H34N4O5. The van der Waals surface area contributed by atoms with E-state index in [9.17, 15) is 14.4 Å².